The van der Waals surface area contributed by atoms with Crippen LogP contribution in [-0.2, 0) is 19.2 Å². The Morgan fingerprint density at radius 3 is 1.93 bits per heavy atom. The quantitative estimate of drug-likeness (QED) is 0.256. The maximum atomic E-state index is 12.3. The molecule has 0 aliphatic carbocycles. The number of hydrogen-bond acceptors (Lipinski definition) is 6. The number of carboxylic acid groups (broad SMARTS) is 1. The maximum Gasteiger partial charge on any atom is 0.326 e. The molecule has 0 aromatic carbocycles. The minimum Gasteiger partial charge on any atom is -0.480 e. The van der Waals surface area contributed by atoms with Crippen molar-refractivity contribution in [3.63, 3.8) is 0 Å². The average Bonchev–Trinajstić information content (AvgIpc) is 2.61. The highest BCUT2D eigenvalue weighted by Gasteiger charge is 2.29. The third-order valence-corrected chi connectivity index (χ3v) is 4.72. The molecule has 0 radical (unpaired) electrons. The number of nitrogens with one attached hydrogen (secondary N) is 3. The summed E-state index contributed by atoms with van der Waals surface area (Å²) >= 11 is 4.04. The van der Waals surface area contributed by atoms with Crippen LogP contribution in [-0.4, -0.2) is 58.7 Å². The van der Waals surface area contributed by atoms with Gasteiger partial charge in [-0.2, -0.15) is 12.6 Å². The third kappa shape index (κ3) is 8.17. The molecule has 6 N–H and O–H groups in total. The van der Waals surface area contributed by atoms with Crippen molar-refractivity contribution < 1.29 is 24.3 Å². The topological polar surface area (TPSA) is 151 Å². The summed E-state index contributed by atoms with van der Waals surface area (Å²) in [5, 5.41) is 16.5. The number of carbonyl (C=O) groups is 4. The van der Waals surface area contributed by atoms with Crippen LogP contribution in [0.2, 0.25) is 0 Å². The van der Waals surface area contributed by atoms with Gasteiger partial charge in [-0.15, -0.1) is 0 Å². The Kier molecular flexibility index (Phi) is 11.0. The van der Waals surface area contributed by atoms with Crippen LogP contribution in [0.4, 0.5) is 0 Å². The molecule has 3 amide bonds. The maximum absolute atomic E-state index is 12.3. The summed E-state index contributed by atoms with van der Waals surface area (Å²) in [5.41, 5.74) is 5.83. The Morgan fingerprint density at radius 2 is 1.52 bits per heavy atom. The van der Waals surface area contributed by atoms with E-state index in [1.54, 1.807) is 13.8 Å². The summed E-state index contributed by atoms with van der Waals surface area (Å²) in [6.07, 6.45) is 0.720. The van der Waals surface area contributed by atoms with E-state index in [1.807, 2.05) is 13.8 Å². The smallest absolute Gasteiger partial charge is 0.326 e. The van der Waals surface area contributed by atoms with Crippen molar-refractivity contribution in [2.24, 2.45) is 17.6 Å². The molecule has 27 heavy (non-hydrogen) atoms. The molecule has 0 spiro atoms. The number of nitrogens with two attached hydrogens (primary N) is 1. The fourth-order valence-electron chi connectivity index (χ4n) is 2.15. The number of carbonyl (C=O) groups excluding carboxylic acids is 3. The zero-order chi connectivity index (χ0) is 21.3. The second-order valence-corrected chi connectivity index (χ2v) is 7.32. The lowest BCUT2D eigenvalue weighted by Gasteiger charge is -2.24. The fourth-order valence-corrected chi connectivity index (χ4v) is 2.40. The molecule has 0 bridgehead atoms. The predicted molar refractivity (Wildman–Crippen MR) is 105 cm³/mol. The lowest BCUT2D eigenvalue weighted by atomic mass is 9.99. The molecule has 0 aliphatic rings. The molecular formula is C17H32N4O5S. The highest BCUT2D eigenvalue weighted by molar-refractivity contribution is 7.80. The van der Waals surface area contributed by atoms with E-state index in [0.29, 0.717) is 0 Å². The summed E-state index contributed by atoms with van der Waals surface area (Å²) in [4.78, 5) is 47.8. The van der Waals surface area contributed by atoms with Crippen LogP contribution >= 0.6 is 12.6 Å². The largest absolute Gasteiger partial charge is 0.480 e. The van der Waals surface area contributed by atoms with E-state index in [0.717, 1.165) is 6.42 Å². The van der Waals surface area contributed by atoms with Gasteiger partial charge in [0.05, 0.1) is 6.04 Å². The summed E-state index contributed by atoms with van der Waals surface area (Å²) in [6, 6.07) is -3.77. The first-order valence-electron chi connectivity index (χ1n) is 8.96. The van der Waals surface area contributed by atoms with E-state index in [1.165, 1.54) is 6.92 Å². The number of rotatable bonds is 11. The zero-order valence-electron chi connectivity index (χ0n) is 16.5. The zero-order valence-corrected chi connectivity index (χ0v) is 17.4. The molecular weight excluding hydrogens is 372 g/mol. The van der Waals surface area contributed by atoms with Gasteiger partial charge in [0.2, 0.25) is 17.7 Å². The van der Waals surface area contributed by atoms with Gasteiger partial charge in [0.25, 0.3) is 0 Å². The Hall–Kier alpha value is -1.81. The minimum absolute atomic E-state index is 0.0327. The molecule has 10 heteroatoms. The number of amides is 3. The van der Waals surface area contributed by atoms with E-state index in [4.69, 9.17) is 10.8 Å². The van der Waals surface area contributed by atoms with Gasteiger partial charge in [0.15, 0.2) is 0 Å². The van der Waals surface area contributed by atoms with Crippen LogP contribution in [0.15, 0.2) is 0 Å². The molecule has 0 aliphatic heterocycles. The van der Waals surface area contributed by atoms with Crippen molar-refractivity contribution >= 4 is 36.3 Å². The van der Waals surface area contributed by atoms with Gasteiger partial charge in [-0.3, -0.25) is 14.4 Å². The van der Waals surface area contributed by atoms with Crippen molar-refractivity contribution in [3.05, 3.63) is 0 Å². The van der Waals surface area contributed by atoms with Crippen LogP contribution in [0, 0.1) is 11.8 Å². The van der Waals surface area contributed by atoms with Crippen molar-refractivity contribution in [1.29, 1.82) is 0 Å². The van der Waals surface area contributed by atoms with Crippen molar-refractivity contribution in [2.45, 2.75) is 65.2 Å². The monoisotopic (exact) mass is 404 g/mol. The SMILES string of the molecule is CCC(C)C(N)C(=O)NC(C)C(=O)NC(CS)C(=O)NC(C(=O)O)C(C)C. The van der Waals surface area contributed by atoms with Crippen molar-refractivity contribution in [1.82, 2.24) is 16.0 Å². The highest BCUT2D eigenvalue weighted by atomic mass is 32.1. The number of thiol groups is 1. The molecule has 5 unspecified atom stereocenters. The molecule has 0 saturated carbocycles. The first-order chi connectivity index (χ1) is 12.5. The number of carboxylic acids is 1. The molecule has 0 rings (SSSR count). The third-order valence-electron chi connectivity index (χ3n) is 4.36. The molecule has 0 aromatic heterocycles. The summed E-state index contributed by atoms with van der Waals surface area (Å²) in [7, 11) is 0. The van der Waals surface area contributed by atoms with Crippen LogP contribution < -0.4 is 21.7 Å². The number of aliphatic carboxylic acids is 1. The second-order valence-electron chi connectivity index (χ2n) is 6.95. The van der Waals surface area contributed by atoms with E-state index < -0.39 is 47.9 Å². The Morgan fingerprint density at radius 1 is 0.963 bits per heavy atom. The molecule has 0 fully saturated rings. The fraction of sp³-hybridized carbons (Fsp3) is 0.765. The first kappa shape index (κ1) is 25.2. The van der Waals surface area contributed by atoms with Gasteiger partial charge in [-0.05, 0) is 18.8 Å². The van der Waals surface area contributed by atoms with Gasteiger partial charge in [0.1, 0.15) is 18.1 Å². The van der Waals surface area contributed by atoms with Gasteiger partial charge >= 0.3 is 5.97 Å². The normalized spacial score (nSPS) is 16.6. The Bertz CT molecular complexity index is 543. The summed E-state index contributed by atoms with van der Waals surface area (Å²) < 4.78 is 0. The van der Waals surface area contributed by atoms with E-state index in [9.17, 15) is 19.2 Å². The second kappa shape index (κ2) is 11.8. The van der Waals surface area contributed by atoms with Crippen LogP contribution in [0.1, 0.15) is 41.0 Å². The summed E-state index contributed by atoms with van der Waals surface area (Å²) in [6.45, 7) is 8.53. The molecule has 0 aromatic rings. The van der Waals surface area contributed by atoms with Crippen LogP contribution in [0.5, 0.6) is 0 Å². The van der Waals surface area contributed by atoms with Gasteiger partial charge in [0, 0.05) is 5.75 Å². The van der Waals surface area contributed by atoms with Crippen LogP contribution in [0.3, 0.4) is 0 Å². The van der Waals surface area contributed by atoms with Crippen molar-refractivity contribution in [2.75, 3.05) is 5.75 Å². The number of hydrogen-bond donors (Lipinski definition) is 6. The standard InChI is InChI=1S/C17H32N4O5S/c1-6-9(4)12(18)16(24)19-10(5)14(22)20-11(7-27)15(23)21-13(8(2)3)17(25)26/h8-13,27H,6-7,18H2,1-5H3,(H,19,24)(H,20,22)(H,21,23)(H,25,26). The Balaban J connectivity index is 4.85. The summed E-state index contributed by atoms with van der Waals surface area (Å²) in [5.74, 6) is -3.27. The lowest BCUT2D eigenvalue weighted by molar-refractivity contribution is -0.143. The van der Waals surface area contributed by atoms with Gasteiger partial charge in [-0.25, -0.2) is 4.79 Å². The van der Waals surface area contributed by atoms with Crippen LogP contribution in [0.25, 0.3) is 0 Å². The first-order valence-corrected chi connectivity index (χ1v) is 9.59. The molecule has 9 nitrogen and oxygen atoms in total. The Labute approximate surface area is 165 Å². The van der Waals surface area contributed by atoms with Gasteiger partial charge in [-0.1, -0.05) is 34.1 Å². The average molecular weight is 405 g/mol. The lowest BCUT2D eigenvalue weighted by Crippen LogP contribution is -2.57. The molecule has 156 valence electrons. The predicted octanol–water partition coefficient (Wildman–Crippen LogP) is -0.495. The van der Waals surface area contributed by atoms with E-state index in [2.05, 4.69) is 28.6 Å². The molecule has 0 heterocycles. The molecule has 0 saturated heterocycles. The van der Waals surface area contributed by atoms with E-state index in [-0.39, 0.29) is 17.6 Å². The highest BCUT2D eigenvalue weighted by Crippen LogP contribution is 2.06. The molecule has 5 atom stereocenters. The van der Waals surface area contributed by atoms with Crippen molar-refractivity contribution in [3.8, 4) is 0 Å². The minimum atomic E-state index is -1.16. The van der Waals surface area contributed by atoms with E-state index >= 15 is 0 Å². The van der Waals surface area contributed by atoms with Gasteiger partial charge < -0.3 is 26.8 Å².